The minimum atomic E-state index is -0.419. The van der Waals surface area contributed by atoms with E-state index in [0.29, 0.717) is 39.2 Å². The number of nitrogens with zero attached hydrogens (tertiary/aromatic N) is 4. The van der Waals surface area contributed by atoms with Crippen LogP contribution in [0, 0.1) is 6.92 Å². The summed E-state index contributed by atoms with van der Waals surface area (Å²) in [5, 5.41) is 0. The summed E-state index contributed by atoms with van der Waals surface area (Å²) in [6, 6.07) is 20.3. The van der Waals surface area contributed by atoms with Gasteiger partial charge < -0.3 is 0 Å². The van der Waals surface area contributed by atoms with E-state index in [9.17, 15) is 24.0 Å². The van der Waals surface area contributed by atoms with Crippen LogP contribution < -0.4 is 5.56 Å². The Kier molecular flexibility index (Phi) is 5.23. The van der Waals surface area contributed by atoms with Crippen molar-refractivity contribution < 1.29 is 19.2 Å². The Labute approximate surface area is 217 Å². The third-order valence-electron chi connectivity index (χ3n) is 7.27. The second kappa shape index (κ2) is 8.52. The van der Waals surface area contributed by atoms with Gasteiger partial charge in [-0.1, -0.05) is 36.4 Å². The van der Waals surface area contributed by atoms with Gasteiger partial charge in [-0.25, -0.2) is 4.68 Å². The summed E-state index contributed by atoms with van der Waals surface area (Å²) in [5.74, 6) is -1.50. The average Bonchev–Trinajstić information content (AvgIpc) is 3.41. The molecule has 3 heterocycles. The maximum Gasteiger partial charge on any atom is 0.276 e. The molecule has 4 aromatic rings. The number of amides is 4. The van der Waals surface area contributed by atoms with Gasteiger partial charge in [0, 0.05) is 12.7 Å². The number of hydrogen-bond donors (Lipinski definition) is 0. The maximum absolute atomic E-state index is 13.5. The standard InChI is InChI=1S/C29H22N4O5/c1-17-24(16-32-27(36)22-9-5-6-10-23(22)28(32)37)29(38)33(30(17)2)19-13-11-18(12-14-19)15-31-25(34)20-7-3-4-8-21(20)26(31)35/h3-14H,15-16H2,1-2H3. The van der Waals surface area contributed by atoms with Gasteiger partial charge in [-0.15, -0.1) is 0 Å². The molecule has 0 spiro atoms. The molecule has 0 bridgehead atoms. The molecule has 0 N–H and O–H groups in total. The van der Waals surface area contributed by atoms with Crippen molar-refractivity contribution in [1.82, 2.24) is 19.2 Å². The summed E-state index contributed by atoms with van der Waals surface area (Å²) in [7, 11) is 1.73. The Balaban J connectivity index is 1.26. The first-order chi connectivity index (χ1) is 18.3. The van der Waals surface area contributed by atoms with Crippen LogP contribution in [0.15, 0.2) is 77.6 Å². The van der Waals surface area contributed by atoms with Gasteiger partial charge in [0.05, 0.1) is 46.6 Å². The lowest BCUT2D eigenvalue weighted by atomic mass is 10.1. The molecule has 0 aliphatic carbocycles. The fourth-order valence-corrected chi connectivity index (χ4v) is 5.09. The molecule has 0 unspecified atom stereocenters. The molecule has 0 atom stereocenters. The number of hydrogen-bond acceptors (Lipinski definition) is 5. The monoisotopic (exact) mass is 506 g/mol. The van der Waals surface area contributed by atoms with Gasteiger partial charge in [-0.05, 0) is 48.9 Å². The number of aromatic nitrogens is 2. The highest BCUT2D eigenvalue weighted by Crippen LogP contribution is 2.26. The van der Waals surface area contributed by atoms with Gasteiger partial charge in [0.1, 0.15) is 0 Å². The molecule has 188 valence electrons. The Morgan fingerprint density at radius 3 is 1.45 bits per heavy atom. The van der Waals surface area contributed by atoms with E-state index < -0.39 is 11.8 Å². The number of fused-ring (bicyclic) bond motifs is 2. The van der Waals surface area contributed by atoms with E-state index in [0.717, 1.165) is 10.5 Å². The van der Waals surface area contributed by atoms with Gasteiger partial charge in [0.15, 0.2) is 0 Å². The van der Waals surface area contributed by atoms with Gasteiger partial charge in [0.25, 0.3) is 29.2 Å². The lowest BCUT2D eigenvalue weighted by Gasteiger charge is -2.14. The van der Waals surface area contributed by atoms with Crippen LogP contribution in [0.25, 0.3) is 5.69 Å². The van der Waals surface area contributed by atoms with E-state index >= 15 is 0 Å². The number of carbonyl (C=O) groups excluding carboxylic acids is 4. The van der Waals surface area contributed by atoms with Gasteiger partial charge in [-0.2, -0.15) is 0 Å². The van der Waals surface area contributed by atoms with Crippen LogP contribution in [-0.2, 0) is 20.1 Å². The van der Waals surface area contributed by atoms with Crippen LogP contribution in [0.2, 0.25) is 0 Å². The number of imide groups is 2. The highest BCUT2D eigenvalue weighted by atomic mass is 16.2. The molecule has 2 aliphatic heterocycles. The molecule has 9 nitrogen and oxygen atoms in total. The Morgan fingerprint density at radius 1 is 0.579 bits per heavy atom. The van der Waals surface area contributed by atoms with Crippen LogP contribution in [0.1, 0.15) is 58.3 Å². The Bertz CT molecular complexity index is 1680. The van der Waals surface area contributed by atoms with Crippen LogP contribution in [0.4, 0.5) is 0 Å². The first-order valence-corrected chi connectivity index (χ1v) is 12.0. The first-order valence-electron chi connectivity index (χ1n) is 12.0. The van der Waals surface area contributed by atoms with E-state index in [2.05, 4.69) is 0 Å². The quantitative estimate of drug-likeness (QED) is 0.387. The van der Waals surface area contributed by atoms with Crippen molar-refractivity contribution in [2.24, 2.45) is 7.05 Å². The zero-order valence-corrected chi connectivity index (χ0v) is 20.7. The number of rotatable bonds is 5. The van der Waals surface area contributed by atoms with E-state index in [4.69, 9.17) is 0 Å². The molecule has 0 saturated carbocycles. The van der Waals surface area contributed by atoms with Crippen LogP contribution in [-0.4, -0.2) is 42.8 Å². The second-order valence-electron chi connectivity index (χ2n) is 9.36. The predicted octanol–water partition coefficient (Wildman–Crippen LogP) is 3.08. The van der Waals surface area contributed by atoms with Crippen molar-refractivity contribution in [3.8, 4) is 5.69 Å². The van der Waals surface area contributed by atoms with Crippen molar-refractivity contribution in [2.75, 3.05) is 0 Å². The fraction of sp³-hybridized carbons (Fsp3) is 0.138. The third-order valence-corrected chi connectivity index (χ3v) is 7.27. The smallest absolute Gasteiger partial charge is 0.276 e. The molecule has 9 heteroatoms. The van der Waals surface area contributed by atoms with Crippen LogP contribution in [0.5, 0.6) is 0 Å². The van der Waals surface area contributed by atoms with E-state index in [1.807, 2.05) is 0 Å². The normalized spacial score (nSPS) is 14.5. The topological polar surface area (TPSA) is 102 Å². The minimum Gasteiger partial charge on any atom is -0.285 e. The zero-order chi connectivity index (χ0) is 26.7. The molecular formula is C29H22N4O5. The zero-order valence-electron chi connectivity index (χ0n) is 20.7. The van der Waals surface area contributed by atoms with Crippen LogP contribution >= 0.6 is 0 Å². The van der Waals surface area contributed by atoms with Crippen molar-refractivity contribution in [3.63, 3.8) is 0 Å². The second-order valence-corrected chi connectivity index (χ2v) is 9.36. The summed E-state index contributed by atoms with van der Waals surface area (Å²) < 4.78 is 3.14. The predicted molar refractivity (Wildman–Crippen MR) is 137 cm³/mol. The lowest BCUT2D eigenvalue weighted by molar-refractivity contribution is 0.0627. The molecule has 38 heavy (non-hydrogen) atoms. The highest BCUT2D eigenvalue weighted by molar-refractivity contribution is 6.22. The molecule has 1 aromatic heterocycles. The molecule has 2 aliphatic rings. The molecule has 3 aromatic carbocycles. The Hall–Kier alpha value is -5.05. The van der Waals surface area contributed by atoms with Crippen molar-refractivity contribution in [3.05, 3.63) is 122 Å². The van der Waals surface area contributed by atoms with E-state index in [-0.39, 0.29) is 30.5 Å². The first kappa shape index (κ1) is 23.4. The molecule has 0 radical (unpaired) electrons. The van der Waals surface area contributed by atoms with Crippen LogP contribution in [0.3, 0.4) is 0 Å². The summed E-state index contributed by atoms with van der Waals surface area (Å²) in [4.78, 5) is 66.8. The molecule has 6 rings (SSSR count). The number of carbonyl (C=O) groups is 4. The SMILES string of the molecule is Cc1c(CN2C(=O)c3ccccc3C2=O)c(=O)n(-c2ccc(CN3C(=O)c4ccccc4C3=O)cc2)n1C. The molecule has 0 fully saturated rings. The summed E-state index contributed by atoms with van der Waals surface area (Å²) in [6.45, 7) is 1.75. The Morgan fingerprint density at radius 2 is 1.00 bits per heavy atom. The van der Waals surface area contributed by atoms with Gasteiger partial charge in [0.2, 0.25) is 0 Å². The van der Waals surface area contributed by atoms with E-state index in [1.54, 1.807) is 91.4 Å². The minimum absolute atomic E-state index is 0.110. The summed E-state index contributed by atoms with van der Waals surface area (Å²) in [6.07, 6.45) is 0. The highest BCUT2D eigenvalue weighted by Gasteiger charge is 2.37. The van der Waals surface area contributed by atoms with Gasteiger partial charge in [-0.3, -0.25) is 38.5 Å². The third kappa shape index (κ3) is 3.36. The van der Waals surface area contributed by atoms with Crippen molar-refractivity contribution in [1.29, 1.82) is 0 Å². The summed E-state index contributed by atoms with van der Waals surface area (Å²) >= 11 is 0. The number of benzene rings is 3. The molecule has 0 saturated heterocycles. The van der Waals surface area contributed by atoms with Crippen molar-refractivity contribution >= 4 is 23.6 Å². The lowest BCUT2D eigenvalue weighted by Crippen LogP contribution is -2.32. The van der Waals surface area contributed by atoms with Gasteiger partial charge >= 0.3 is 0 Å². The molecular weight excluding hydrogens is 484 g/mol. The average molecular weight is 507 g/mol. The summed E-state index contributed by atoms with van der Waals surface area (Å²) in [5.41, 5.74) is 3.39. The largest absolute Gasteiger partial charge is 0.285 e. The molecule has 4 amide bonds. The maximum atomic E-state index is 13.5. The van der Waals surface area contributed by atoms with E-state index in [1.165, 1.54) is 9.58 Å². The fourth-order valence-electron chi connectivity index (χ4n) is 5.09. The van der Waals surface area contributed by atoms with Crippen molar-refractivity contribution in [2.45, 2.75) is 20.0 Å².